The molecule has 0 saturated heterocycles. The minimum absolute atomic E-state index is 0.0203. The van der Waals surface area contributed by atoms with Crippen LogP contribution in [0.25, 0.3) is 0 Å². The molecule has 3 aromatic rings. The summed E-state index contributed by atoms with van der Waals surface area (Å²) in [7, 11) is 0. The van der Waals surface area contributed by atoms with Crippen molar-refractivity contribution < 1.29 is 14.3 Å². The Labute approximate surface area is 163 Å². The molecule has 28 heavy (non-hydrogen) atoms. The van der Waals surface area contributed by atoms with Crippen LogP contribution in [0.15, 0.2) is 65.8 Å². The zero-order valence-electron chi connectivity index (χ0n) is 15.8. The van der Waals surface area contributed by atoms with Crippen molar-refractivity contribution in [1.82, 2.24) is 10.5 Å². The van der Waals surface area contributed by atoms with Crippen molar-refractivity contribution in [2.75, 3.05) is 0 Å². The molecular formula is C22H22FN3O2. The molecule has 0 unspecified atom stereocenters. The van der Waals surface area contributed by atoms with Gasteiger partial charge in [0.1, 0.15) is 12.4 Å². The van der Waals surface area contributed by atoms with Crippen molar-refractivity contribution in [3.8, 4) is 5.88 Å². The van der Waals surface area contributed by atoms with Crippen LogP contribution in [0, 0.1) is 19.7 Å². The number of hydroxylamine groups is 1. The fraction of sp³-hybridized carbons (Fsp3) is 0.182. The summed E-state index contributed by atoms with van der Waals surface area (Å²) in [5.41, 5.74) is 6.37. The van der Waals surface area contributed by atoms with Gasteiger partial charge >= 0.3 is 0 Å². The van der Waals surface area contributed by atoms with Crippen molar-refractivity contribution in [1.29, 1.82) is 0 Å². The molecule has 0 radical (unpaired) electrons. The first-order valence-electron chi connectivity index (χ1n) is 8.90. The monoisotopic (exact) mass is 379 g/mol. The smallest absolute Gasteiger partial charge is 0.224 e. The Bertz CT molecular complexity index is 969. The Morgan fingerprint density at radius 1 is 1.11 bits per heavy atom. The van der Waals surface area contributed by atoms with Crippen LogP contribution < -0.4 is 10.2 Å². The van der Waals surface area contributed by atoms with Crippen LogP contribution in [0.1, 0.15) is 27.8 Å². The summed E-state index contributed by atoms with van der Waals surface area (Å²) in [6, 6.07) is 16.0. The molecule has 144 valence electrons. The summed E-state index contributed by atoms with van der Waals surface area (Å²) >= 11 is 0. The number of aryl methyl sites for hydroxylation is 2. The van der Waals surface area contributed by atoms with Crippen molar-refractivity contribution in [2.24, 2.45) is 4.99 Å². The molecule has 6 heteroatoms. The number of rotatable bonds is 6. The maximum absolute atomic E-state index is 13.8. The fourth-order valence-electron chi connectivity index (χ4n) is 2.96. The Morgan fingerprint density at radius 3 is 2.57 bits per heavy atom. The number of halogens is 1. The quantitative estimate of drug-likeness (QED) is 0.380. The van der Waals surface area contributed by atoms with Crippen LogP contribution in [0.3, 0.4) is 0 Å². The van der Waals surface area contributed by atoms with Gasteiger partial charge in [-0.05, 0) is 37.6 Å². The van der Waals surface area contributed by atoms with Crippen LogP contribution >= 0.6 is 0 Å². The van der Waals surface area contributed by atoms with Gasteiger partial charge in [0.25, 0.3) is 0 Å². The topological polar surface area (TPSA) is 66.7 Å². The lowest BCUT2D eigenvalue weighted by molar-refractivity contribution is 0.233. The standard InChI is InChI=1S/C22H22FN3O2/c1-15-10-16(2)12-17(11-15)13-25-21(26-27)19-7-5-9-24-22(19)28-14-18-6-3-4-8-20(18)23/h3-12,27H,13-14H2,1-2H3,(H,25,26). The number of amidine groups is 1. The molecule has 0 aliphatic heterocycles. The number of pyridine rings is 1. The van der Waals surface area contributed by atoms with Gasteiger partial charge in [0, 0.05) is 11.8 Å². The highest BCUT2D eigenvalue weighted by Crippen LogP contribution is 2.18. The molecule has 2 aromatic carbocycles. The molecule has 0 fully saturated rings. The van der Waals surface area contributed by atoms with E-state index in [1.165, 1.54) is 6.07 Å². The van der Waals surface area contributed by atoms with E-state index in [1.807, 2.05) is 26.0 Å². The number of benzene rings is 2. The van der Waals surface area contributed by atoms with Crippen LogP contribution in [0.5, 0.6) is 5.88 Å². The number of aliphatic imine (C=N–C) groups is 1. The zero-order valence-corrected chi connectivity index (χ0v) is 15.8. The number of aromatic nitrogens is 1. The largest absolute Gasteiger partial charge is 0.472 e. The molecule has 0 atom stereocenters. The van der Waals surface area contributed by atoms with E-state index in [-0.39, 0.29) is 24.1 Å². The second-order valence-electron chi connectivity index (χ2n) is 6.51. The van der Waals surface area contributed by atoms with E-state index in [4.69, 9.17) is 4.74 Å². The van der Waals surface area contributed by atoms with E-state index in [9.17, 15) is 9.60 Å². The number of hydrogen-bond acceptors (Lipinski definition) is 4. The normalized spacial score (nSPS) is 11.4. The Morgan fingerprint density at radius 2 is 1.86 bits per heavy atom. The van der Waals surface area contributed by atoms with E-state index < -0.39 is 0 Å². The first kappa shape index (κ1) is 19.5. The third-order valence-electron chi connectivity index (χ3n) is 4.16. The van der Waals surface area contributed by atoms with Gasteiger partial charge in [0.15, 0.2) is 5.84 Å². The summed E-state index contributed by atoms with van der Waals surface area (Å²) < 4.78 is 19.5. The summed E-state index contributed by atoms with van der Waals surface area (Å²) in [6.45, 7) is 4.46. The first-order chi connectivity index (χ1) is 13.6. The van der Waals surface area contributed by atoms with Crippen LogP contribution in [0.4, 0.5) is 4.39 Å². The molecular weight excluding hydrogens is 357 g/mol. The van der Waals surface area contributed by atoms with Gasteiger partial charge in [-0.2, -0.15) is 0 Å². The Kier molecular flexibility index (Phi) is 6.34. The SMILES string of the molecule is Cc1cc(C)cc(CN=C(NO)c2cccnc2OCc2ccccc2F)c1. The predicted molar refractivity (Wildman–Crippen MR) is 106 cm³/mol. The Balaban J connectivity index is 1.81. The number of nitrogens with zero attached hydrogens (tertiary/aromatic N) is 2. The van der Waals surface area contributed by atoms with Gasteiger partial charge in [-0.1, -0.05) is 47.5 Å². The second-order valence-corrected chi connectivity index (χ2v) is 6.51. The predicted octanol–water partition coefficient (Wildman–Crippen LogP) is 4.34. The fourth-order valence-corrected chi connectivity index (χ4v) is 2.96. The molecule has 1 heterocycles. The molecule has 0 amide bonds. The highest BCUT2D eigenvalue weighted by molar-refractivity contribution is 5.99. The number of nitrogens with one attached hydrogen (secondary N) is 1. The summed E-state index contributed by atoms with van der Waals surface area (Å²) in [6.07, 6.45) is 1.57. The van der Waals surface area contributed by atoms with Gasteiger partial charge in [0.05, 0.1) is 12.1 Å². The van der Waals surface area contributed by atoms with E-state index in [0.29, 0.717) is 17.7 Å². The Hall–Kier alpha value is -3.25. The summed E-state index contributed by atoms with van der Waals surface area (Å²) in [5.74, 6) is 0.145. The third-order valence-corrected chi connectivity index (χ3v) is 4.16. The molecule has 0 saturated carbocycles. The van der Waals surface area contributed by atoms with Crippen molar-refractivity contribution in [3.63, 3.8) is 0 Å². The van der Waals surface area contributed by atoms with Crippen molar-refractivity contribution in [2.45, 2.75) is 27.0 Å². The first-order valence-corrected chi connectivity index (χ1v) is 8.90. The minimum atomic E-state index is -0.344. The van der Waals surface area contributed by atoms with Gasteiger partial charge in [-0.3, -0.25) is 15.7 Å². The molecule has 0 aliphatic carbocycles. The number of ether oxygens (including phenoxy) is 1. The average Bonchev–Trinajstić information content (AvgIpc) is 2.68. The zero-order chi connectivity index (χ0) is 19.9. The van der Waals surface area contributed by atoms with E-state index in [2.05, 4.69) is 21.5 Å². The van der Waals surface area contributed by atoms with E-state index >= 15 is 0 Å². The van der Waals surface area contributed by atoms with E-state index in [0.717, 1.165) is 16.7 Å². The molecule has 0 spiro atoms. The minimum Gasteiger partial charge on any atom is -0.472 e. The van der Waals surface area contributed by atoms with Gasteiger partial charge < -0.3 is 4.74 Å². The lowest BCUT2D eigenvalue weighted by Crippen LogP contribution is -2.22. The summed E-state index contributed by atoms with van der Waals surface area (Å²) in [4.78, 5) is 8.66. The number of hydrogen-bond donors (Lipinski definition) is 2. The third kappa shape index (κ3) is 4.92. The lowest BCUT2D eigenvalue weighted by Gasteiger charge is -2.12. The van der Waals surface area contributed by atoms with Gasteiger partial charge in [0.2, 0.25) is 5.88 Å². The molecule has 3 rings (SSSR count). The van der Waals surface area contributed by atoms with Crippen LogP contribution in [0.2, 0.25) is 0 Å². The summed E-state index contributed by atoms with van der Waals surface area (Å²) in [5, 5.41) is 9.60. The van der Waals surface area contributed by atoms with E-state index in [1.54, 1.807) is 36.5 Å². The molecule has 5 nitrogen and oxygen atoms in total. The average molecular weight is 379 g/mol. The van der Waals surface area contributed by atoms with Gasteiger partial charge in [-0.15, -0.1) is 0 Å². The van der Waals surface area contributed by atoms with Crippen LogP contribution in [-0.2, 0) is 13.2 Å². The van der Waals surface area contributed by atoms with Crippen molar-refractivity contribution in [3.05, 3.63) is 94.4 Å². The molecule has 0 bridgehead atoms. The van der Waals surface area contributed by atoms with Crippen molar-refractivity contribution >= 4 is 5.84 Å². The molecule has 0 aliphatic rings. The highest BCUT2D eigenvalue weighted by Gasteiger charge is 2.12. The van der Waals surface area contributed by atoms with Gasteiger partial charge in [-0.25, -0.2) is 9.37 Å². The molecule has 1 aromatic heterocycles. The van der Waals surface area contributed by atoms with Crippen LogP contribution in [-0.4, -0.2) is 16.0 Å². The molecule has 2 N–H and O–H groups in total. The second kappa shape index (κ2) is 9.10. The lowest BCUT2D eigenvalue weighted by atomic mass is 10.1. The maximum Gasteiger partial charge on any atom is 0.224 e. The highest BCUT2D eigenvalue weighted by atomic mass is 19.1. The maximum atomic E-state index is 13.8.